The number of benzene rings is 1. The minimum absolute atomic E-state index is 0.0698. The summed E-state index contributed by atoms with van der Waals surface area (Å²) in [5.74, 6) is -0.205. The SMILES string of the molecule is Cc1cc2c(cc1C(=O)N(C(C)C)[C@@H]1CCCN(C(=O)O)C1)NC(=O)C(C)(C)S2. The van der Waals surface area contributed by atoms with Crippen LogP contribution in [0, 0.1) is 6.92 Å². The van der Waals surface area contributed by atoms with Gasteiger partial charge in [0.1, 0.15) is 0 Å². The van der Waals surface area contributed by atoms with Gasteiger partial charge in [-0.15, -0.1) is 11.8 Å². The second-order valence-corrected chi connectivity index (χ2v) is 10.2. The summed E-state index contributed by atoms with van der Waals surface area (Å²) in [7, 11) is 0. The Balaban J connectivity index is 1.92. The lowest BCUT2D eigenvalue weighted by Gasteiger charge is -2.41. The number of carbonyl (C=O) groups excluding carboxylic acids is 2. The molecule has 1 fully saturated rings. The fourth-order valence-electron chi connectivity index (χ4n) is 4.00. The second kappa shape index (κ2) is 7.89. The molecule has 2 N–H and O–H groups in total. The predicted octanol–water partition coefficient (Wildman–Crippen LogP) is 3.81. The molecule has 1 aromatic rings. The van der Waals surface area contributed by atoms with Crippen molar-refractivity contribution in [2.45, 2.75) is 69.2 Å². The number of likely N-dealkylation sites (tertiary alicyclic amines) is 1. The standard InChI is InChI=1S/C21H29N3O4S/c1-12(2)24(14-7-6-8-23(11-14)20(27)28)18(25)15-10-16-17(9-13(15)3)29-21(4,5)19(26)22-16/h9-10,12,14H,6-8,11H2,1-5H3,(H,22,26)(H,27,28)/t14-/m1/s1. The van der Waals surface area contributed by atoms with Crippen LogP contribution in [-0.2, 0) is 4.79 Å². The average Bonchev–Trinajstić information content (AvgIpc) is 2.62. The Morgan fingerprint density at radius 3 is 2.66 bits per heavy atom. The third kappa shape index (κ3) is 4.22. The van der Waals surface area contributed by atoms with Crippen LogP contribution in [0.2, 0.25) is 0 Å². The number of nitrogens with zero attached hydrogens (tertiary/aromatic N) is 2. The van der Waals surface area contributed by atoms with Crippen molar-refractivity contribution in [1.82, 2.24) is 9.80 Å². The minimum Gasteiger partial charge on any atom is -0.465 e. The monoisotopic (exact) mass is 419 g/mol. The zero-order valence-electron chi connectivity index (χ0n) is 17.6. The predicted molar refractivity (Wildman–Crippen MR) is 114 cm³/mol. The average molecular weight is 420 g/mol. The van der Waals surface area contributed by atoms with Crippen LogP contribution in [0.1, 0.15) is 56.5 Å². The van der Waals surface area contributed by atoms with Crippen LogP contribution in [0.25, 0.3) is 0 Å². The number of hydrogen-bond acceptors (Lipinski definition) is 4. The molecule has 158 valence electrons. The third-order valence-electron chi connectivity index (χ3n) is 5.57. The summed E-state index contributed by atoms with van der Waals surface area (Å²) < 4.78 is -0.558. The van der Waals surface area contributed by atoms with Gasteiger partial charge in [0.05, 0.1) is 16.5 Å². The highest BCUT2D eigenvalue weighted by molar-refractivity contribution is 8.01. The molecule has 1 saturated heterocycles. The van der Waals surface area contributed by atoms with Crippen LogP contribution in [0.3, 0.4) is 0 Å². The van der Waals surface area contributed by atoms with E-state index in [4.69, 9.17) is 0 Å². The maximum atomic E-state index is 13.5. The Morgan fingerprint density at radius 1 is 1.34 bits per heavy atom. The first-order valence-corrected chi connectivity index (χ1v) is 10.8. The number of carboxylic acid groups (broad SMARTS) is 1. The molecule has 8 heteroatoms. The van der Waals surface area contributed by atoms with E-state index in [1.165, 1.54) is 16.7 Å². The summed E-state index contributed by atoms with van der Waals surface area (Å²) in [5, 5.41) is 12.3. The summed E-state index contributed by atoms with van der Waals surface area (Å²) >= 11 is 1.49. The van der Waals surface area contributed by atoms with Gasteiger partial charge >= 0.3 is 6.09 Å². The number of rotatable bonds is 3. The maximum Gasteiger partial charge on any atom is 0.407 e. The number of piperidine rings is 1. The highest BCUT2D eigenvalue weighted by Gasteiger charge is 2.37. The maximum absolute atomic E-state index is 13.5. The molecule has 0 unspecified atom stereocenters. The van der Waals surface area contributed by atoms with Crippen LogP contribution in [-0.4, -0.2) is 62.7 Å². The van der Waals surface area contributed by atoms with Gasteiger partial charge in [-0.2, -0.15) is 0 Å². The molecule has 1 atom stereocenters. The second-order valence-electron chi connectivity index (χ2n) is 8.56. The summed E-state index contributed by atoms with van der Waals surface area (Å²) in [6, 6.07) is 3.49. The lowest BCUT2D eigenvalue weighted by molar-refractivity contribution is -0.117. The van der Waals surface area contributed by atoms with E-state index in [1.807, 2.05) is 40.7 Å². The third-order valence-corrected chi connectivity index (χ3v) is 6.82. The highest BCUT2D eigenvalue weighted by Crippen LogP contribution is 2.43. The Morgan fingerprint density at radius 2 is 2.03 bits per heavy atom. The molecule has 0 saturated carbocycles. The smallest absolute Gasteiger partial charge is 0.407 e. The molecule has 0 bridgehead atoms. The zero-order chi connectivity index (χ0) is 21.5. The Labute approximate surface area is 175 Å². The largest absolute Gasteiger partial charge is 0.465 e. The van der Waals surface area contributed by atoms with Crippen LogP contribution >= 0.6 is 11.8 Å². The summed E-state index contributed by atoms with van der Waals surface area (Å²) in [4.78, 5) is 41.4. The summed E-state index contributed by atoms with van der Waals surface area (Å²) in [6.45, 7) is 10.4. The number of fused-ring (bicyclic) bond motifs is 1. The van der Waals surface area contributed by atoms with Crippen molar-refractivity contribution < 1.29 is 19.5 Å². The number of nitrogens with one attached hydrogen (secondary N) is 1. The lowest BCUT2D eigenvalue weighted by Crippen LogP contribution is -2.53. The first kappa shape index (κ1) is 21.5. The molecule has 0 aliphatic carbocycles. The van der Waals surface area contributed by atoms with Crippen molar-refractivity contribution in [1.29, 1.82) is 0 Å². The van der Waals surface area contributed by atoms with Crippen molar-refractivity contribution in [2.24, 2.45) is 0 Å². The van der Waals surface area contributed by atoms with Gasteiger partial charge in [-0.1, -0.05) is 0 Å². The van der Waals surface area contributed by atoms with Gasteiger partial charge in [-0.3, -0.25) is 9.59 Å². The van der Waals surface area contributed by atoms with Crippen LogP contribution in [0.15, 0.2) is 17.0 Å². The van der Waals surface area contributed by atoms with Gasteiger partial charge in [0, 0.05) is 29.6 Å². The fourth-order valence-corrected chi connectivity index (χ4v) is 5.15. The molecule has 1 aromatic carbocycles. The highest BCUT2D eigenvalue weighted by atomic mass is 32.2. The van der Waals surface area contributed by atoms with Gasteiger partial charge in [-0.05, 0) is 65.2 Å². The van der Waals surface area contributed by atoms with E-state index in [-0.39, 0.29) is 23.9 Å². The van der Waals surface area contributed by atoms with Crippen LogP contribution < -0.4 is 5.32 Å². The van der Waals surface area contributed by atoms with E-state index in [1.54, 1.807) is 11.0 Å². The number of thioether (sulfide) groups is 1. The molecule has 0 spiro atoms. The number of hydrogen-bond donors (Lipinski definition) is 2. The van der Waals surface area contributed by atoms with E-state index in [0.29, 0.717) is 24.3 Å². The number of aryl methyl sites for hydroxylation is 1. The van der Waals surface area contributed by atoms with E-state index < -0.39 is 10.8 Å². The normalized spacial score (nSPS) is 20.8. The van der Waals surface area contributed by atoms with Gasteiger partial charge in [0.25, 0.3) is 5.91 Å². The molecule has 2 aliphatic heterocycles. The molecule has 0 aromatic heterocycles. The van der Waals surface area contributed by atoms with Gasteiger partial charge in [-0.25, -0.2) is 4.79 Å². The number of carbonyl (C=O) groups is 3. The van der Waals surface area contributed by atoms with Crippen molar-refractivity contribution in [3.63, 3.8) is 0 Å². The van der Waals surface area contributed by atoms with Crippen LogP contribution in [0.4, 0.5) is 10.5 Å². The van der Waals surface area contributed by atoms with E-state index >= 15 is 0 Å². The Bertz CT molecular complexity index is 853. The Kier molecular flexibility index (Phi) is 5.85. The quantitative estimate of drug-likeness (QED) is 0.778. The number of anilines is 1. The molecule has 29 heavy (non-hydrogen) atoms. The Hall–Kier alpha value is -2.22. The van der Waals surface area contributed by atoms with Crippen LogP contribution in [0.5, 0.6) is 0 Å². The van der Waals surface area contributed by atoms with Gasteiger partial charge in [0.15, 0.2) is 0 Å². The van der Waals surface area contributed by atoms with Crippen molar-refractivity contribution in [2.75, 3.05) is 18.4 Å². The topological polar surface area (TPSA) is 90.0 Å². The summed E-state index contributed by atoms with van der Waals surface area (Å²) in [5.41, 5.74) is 2.06. The minimum atomic E-state index is -0.946. The van der Waals surface area contributed by atoms with E-state index in [0.717, 1.165) is 23.3 Å². The van der Waals surface area contributed by atoms with Gasteiger partial charge in [0.2, 0.25) is 5.91 Å². The van der Waals surface area contributed by atoms with Crippen molar-refractivity contribution >= 4 is 35.4 Å². The van der Waals surface area contributed by atoms with Gasteiger partial charge < -0.3 is 20.2 Å². The molecular weight excluding hydrogens is 390 g/mol. The molecular formula is C21H29N3O4S. The first-order valence-electron chi connectivity index (χ1n) is 9.97. The molecule has 2 aliphatic rings. The van der Waals surface area contributed by atoms with E-state index in [2.05, 4.69) is 5.32 Å². The molecule has 7 nitrogen and oxygen atoms in total. The van der Waals surface area contributed by atoms with E-state index in [9.17, 15) is 19.5 Å². The van der Waals surface area contributed by atoms with Crippen molar-refractivity contribution in [3.8, 4) is 0 Å². The molecule has 3 amide bonds. The first-order chi connectivity index (χ1) is 13.5. The lowest BCUT2D eigenvalue weighted by atomic mass is 9.99. The molecule has 0 radical (unpaired) electrons. The molecule has 2 heterocycles. The zero-order valence-corrected chi connectivity index (χ0v) is 18.4. The number of amides is 3. The molecule has 3 rings (SSSR count). The summed E-state index contributed by atoms with van der Waals surface area (Å²) in [6.07, 6.45) is 0.565. The van der Waals surface area contributed by atoms with Crippen molar-refractivity contribution in [3.05, 3.63) is 23.3 Å². The fraction of sp³-hybridized carbons (Fsp3) is 0.571.